The molecular weight excluding hydrogens is 428 g/mol. The number of primary amides is 1. The smallest absolute Gasteiger partial charge is 0.315 e. The number of nitrogens with two attached hydrogens (primary N) is 1. The summed E-state index contributed by atoms with van der Waals surface area (Å²) in [6.45, 7) is 7.67. The Labute approximate surface area is 202 Å². The average molecular weight is 467 g/mol. The summed E-state index contributed by atoms with van der Waals surface area (Å²) in [6.07, 6.45) is 4.86. The van der Waals surface area contributed by atoms with E-state index in [1.54, 1.807) is 4.90 Å². The van der Waals surface area contributed by atoms with E-state index in [1.807, 2.05) is 30.3 Å². The predicted octanol–water partition coefficient (Wildman–Crippen LogP) is 2.60. The van der Waals surface area contributed by atoms with Gasteiger partial charge in [-0.3, -0.25) is 0 Å². The fourth-order valence-electron chi connectivity index (χ4n) is 4.53. The molecule has 2 saturated heterocycles. The van der Waals surface area contributed by atoms with Gasteiger partial charge in [-0.2, -0.15) is 9.97 Å². The normalized spacial score (nSPS) is 15.8. The number of nitrogens with zero attached hydrogens (tertiary/aromatic N) is 6. The highest BCUT2D eigenvalue weighted by molar-refractivity contribution is 5.72. The lowest BCUT2D eigenvalue weighted by Gasteiger charge is -2.25. The summed E-state index contributed by atoms with van der Waals surface area (Å²) in [5.74, 6) is 2.76. The zero-order valence-corrected chi connectivity index (χ0v) is 20.3. The van der Waals surface area contributed by atoms with Gasteiger partial charge in [0.05, 0.1) is 0 Å². The highest BCUT2D eigenvalue weighted by Crippen LogP contribution is 2.25. The number of hydrogen-bond acceptors (Lipinski definition) is 7. The number of hydrogen-bond donors (Lipinski definition) is 2. The number of urea groups is 1. The van der Waals surface area contributed by atoms with Crippen LogP contribution in [0, 0.1) is 0 Å². The molecule has 0 atom stereocenters. The van der Waals surface area contributed by atoms with Crippen LogP contribution in [0.4, 0.5) is 22.4 Å². The van der Waals surface area contributed by atoms with E-state index in [1.165, 1.54) is 25.7 Å². The number of nitrogens with one attached hydrogen (secondary N) is 1. The summed E-state index contributed by atoms with van der Waals surface area (Å²) < 4.78 is 0. The van der Waals surface area contributed by atoms with E-state index in [0.29, 0.717) is 13.1 Å². The minimum absolute atomic E-state index is 0.389. The van der Waals surface area contributed by atoms with Crippen LogP contribution in [0.25, 0.3) is 0 Å². The second-order valence-corrected chi connectivity index (χ2v) is 9.28. The maximum absolute atomic E-state index is 11.9. The summed E-state index contributed by atoms with van der Waals surface area (Å²) in [6, 6.07) is 11.6. The third-order valence-electron chi connectivity index (χ3n) is 6.60. The average Bonchev–Trinajstić information content (AvgIpc) is 3.57. The first kappa shape index (κ1) is 24.1. The van der Waals surface area contributed by atoms with Gasteiger partial charge in [0.25, 0.3) is 0 Å². The summed E-state index contributed by atoms with van der Waals surface area (Å²) in [7, 11) is 2.06. The molecule has 2 aromatic rings. The van der Waals surface area contributed by atoms with Crippen molar-refractivity contribution in [2.45, 2.75) is 32.2 Å². The lowest BCUT2D eigenvalue weighted by Crippen LogP contribution is -2.41. The fraction of sp³-hybridized carbons (Fsp3) is 0.560. The Morgan fingerprint density at radius 1 is 0.971 bits per heavy atom. The maximum Gasteiger partial charge on any atom is 0.315 e. The zero-order chi connectivity index (χ0) is 23.8. The van der Waals surface area contributed by atoms with E-state index in [0.717, 1.165) is 69.0 Å². The van der Waals surface area contributed by atoms with Crippen molar-refractivity contribution in [2.24, 2.45) is 5.73 Å². The SMILES string of the molecule is CN(CCNc1cc(N2CCCC2)nc(N2CCCC2)n1)CCN(Cc1ccccc1)C(N)=O. The van der Waals surface area contributed by atoms with Crippen LogP contribution in [-0.4, -0.2) is 85.2 Å². The Morgan fingerprint density at radius 2 is 1.65 bits per heavy atom. The molecule has 3 N–H and O–H groups in total. The summed E-state index contributed by atoms with van der Waals surface area (Å²) in [5.41, 5.74) is 6.69. The molecule has 3 heterocycles. The number of carbonyl (C=O) groups is 1. The van der Waals surface area contributed by atoms with Gasteiger partial charge in [0.15, 0.2) is 0 Å². The number of likely N-dealkylation sites (N-methyl/N-ethyl adjacent to an activating group) is 1. The molecule has 4 rings (SSSR count). The van der Waals surface area contributed by atoms with Crippen molar-refractivity contribution in [2.75, 3.05) is 74.5 Å². The molecule has 2 fully saturated rings. The quantitative estimate of drug-likeness (QED) is 0.526. The fourth-order valence-corrected chi connectivity index (χ4v) is 4.53. The number of aromatic nitrogens is 2. The molecule has 0 bridgehead atoms. The molecule has 1 aromatic heterocycles. The third kappa shape index (κ3) is 6.72. The molecule has 2 amide bonds. The van der Waals surface area contributed by atoms with Crippen molar-refractivity contribution in [1.82, 2.24) is 19.8 Å². The molecule has 2 aliphatic rings. The van der Waals surface area contributed by atoms with E-state index >= 15 is 0 Å². The van der Waals surface area contributed by atoms with Crippen LogP contribution in [0.3, 0.4) is 0 Å². The second kappa shape index (κ2) is 11.9. The Hall–Kier alpha value is -3.07. The van der Waals surface area contributed by atoms with Crippen molar-refractivity contribution >= 4 is 23.6 Å². The minimum Gasteiger partial charge on any atom is -0.369 e. The Morgan fingerprint density at radius 3 is 2.32 bits per heavy atom. The first-order chi connectivity index (χ1) is 16.6. The monoisotopic (exact) mass is 466 g/mol. The van der Waals surface area contributed by atoms with E-state index in [4.69, 9.17) is 15.7 Å². The molecule has 1 aromatic carbocycles. The van der Waals surface area contributed by atoms with E-state index in [-0.39, 0.29) is 6.03 Å². The third-order valence-corrected chi connectivity index (χ3v) is 6.60. The van der Waals surface area contributed by atoms with Crippen LogP contribution in [0.5, 0.6) is 0 Å². The number of anilines is 3. The molecule has 2 aliphatic heterocycles. The van der Waals surface area contributed by atoms with Gasteiger partial charge in [-0.15, -0.1) is 0 Å². The van der Waals surface area contributed by atoms with Crippen LogP contribution < -0.4 is 20.9 Å². The topological polar surface area (TPSA) is 93.9 Å². The molecule has 0 aliphatic carbocycles. The molecule has 0 spiro atoms. The first-order valence-electron chi connectivity index (χ1n) is 12.5. The maximum atomic E-state index is 11.9. The van der Waals surface area contributed by atoms with Gasteiger partial charge in [0.2, 0.25) is 5.95 Å². The van der Waals surface area contributed by atoms with Crippen molar-refractivity contribution in [3.05, 3.63) is 42.0 Å². The molecule has 0 radical (unpaired) electrons. The van der Waals surface area contributed by atoms with Crippen molar-refractivity contribution in [3.63, 3.8) is 0 Å². The molecular formula is C25H38N8O. The number of carbonyl (C=O) groups excluding carboxylic acids is 1. The highest BCUT2D eigenvalue weighted by Gasteiger charge is 2.20. The summed E-state index contributed by atoms with van der Waals surface area (Å²) in [5, 5.41) is 3.50. The second-order valence-electron chi connectivity index (χ2n) is 9.28. The standard InChI is InChI=1S/C25H38N8O/c1-30(17-18-33(24(26)34)20-21-9-3-2-4-10-21)16-11-27-22-19-23(31-12-5-6-13-31)29-25(28-22)32-14-7-8-15-32/h2-4,9-10,19H,5-8,11-18,20H2,1H3,(H2,26,34)(H,27,28,29). The van der Waals surface area contributed by atoms with Crippen LogP contribution in [-0.2, 0) is 6.54 Å². The van der Waals surface area contributed by atoms with Crippen molar-refractivity contribution in [3.8, 4) is 0 Å². The largest absolute Gasteiger partial charge is 0.369 e. The minimum atomic E-state index is -0.389. The van der Waals surface area contributed by atoms with Gasteiger partial charge in [0, 0.05) is 65.0 Å². The van der Waals surface area contributed by atoms with Crippen LogP contribution in [0.2, 0.25) is 0 Å². The molecule has 0 unspecified atom stereocenters. The Bertz CT molecular complexity index is 878. The molecule has 34 heavy (non-hydrogen) atoms. The lowest BCUT2D eigenvalue weighted by molar-refractivity contribution is 0.195. The van der Waals surface area contributed by atoms with E-state index < -0.39 is 0 Å². The Kier molecular flexibility index (Phi) is 8.41. The number of benzene rings is 1. The van der Waals surface area contributed by atoms with Crippen LogP contribution >= 0.6 is 0 Å². The van der Waals surface area contributed by atoms with Crippen molar-refractivity contribution < 1.29 is 4.79 Å². The van der Waals surface area contributed by atoms with Gasteiger partial charge in [-0.05, 0) is 38.3 Å². The summed E-state index contributed by atoms with van der Waals surface area (Å²) in [4.78, 5) is 30.1. The van der Waals surface area contributed by atoms with E-state index in [2.05, 4.69) is 33.1 Å². The van der Waals surface area contributed by atoms with Crippen LogP contribution in [0.15, 0.2) is 36.4 Å². The summed E-state index contributed by atoms with van der Waals surface area (Å²) >= 11 is 0. The zero-order valence-electron chi connectivity index (χ0n) is 20.3. The van der Waals surface area contributed by atoms with E-state index in [9.17, 15) is 4.79 Å². The lowest BCUT2D eigenvalue weighted by atomic mass is 10.2. The van der Waals surface area contributed by atoms with Gasteiger partial charge >= 0.3 is 6.03 Å². The molecule has 184 valence electrons. The first-order valence-corrected chi connectivity index (χ1v) is 12.5. The molecule has 9 nitrogen and oxygen atoms in total. The van der Waals surface area contributed by atoms with Gasteiger partial charge in [-0.1, -0.05) is 30.3 Å². The number of rotatable bonds is 11. The van der Waals surface area contributed by atoms with Crippen LogP contribution in [0.1, 0.15) is 31.2 Å². The predicted molar refractivity (Wildman–Crippen MR) is 137 cm³/mol. The van der Waals surface area contributed by atoms with Gasteiger partial charge in [0.1, 0.15) is 11.6 Å². The highest BCUT2D eigenvalue weighted by atomic mass is 16.2. The van der Waals surface area contributed by atoms with Gasteiger partial charge < -0.3 is 30.7 Å². The number of amides is 2. The molecule has 9 heteroatoms. The molecule has 0 saturated carbocycles. The Balaban J connectivity index is 1.29. The van der Waals surface area contributed by atoms with Gasteiger partial charge in [-0.25, -0.2) is 4.79 Å². The van der Waals surface area contributed by atoms with Crippen molar-refractivity contribution in [1.29, 1.82) is 0 Å².